The van der Waals surface area contributed by atoms with Crippen LogP contribution in [-0.2, 0) is 22.5 Å². The van der Waals surface area contributed by atoms with Crippen molar-refractivity contribution in [3.8, 4) is 11.5 Å². The van der Waals surface area contributed by atoms with E-state index >= 15 is 0 Å². The Morgan fingerprint density at radius 3 is 2.57 bits per heavy atom. The van der Waals surface area contributed by atoms with E-state index in [0.717, 1.165) is 15.8 Å². The average Bonchev–Trinajstić information content (AvgIpc) is 3.05. The molecule has 30 heavy (non-hydrogen) atoms. The summed E-state index contributed by atoms with van der Waals surface area (Å²) in [7, 11) is 3.17. The van der Waals surface area contributed by atoms with Crippen LogP contribution in [0.3, 0.4) is 0 Å². The monoisotopic (exact) mass is 428 g/mol. The SMILES string of the molecule is CCOCCn1c(=NC(=O)Cc2ccc(OC)c(OC)c2)sc2c(C)cc(C)cc21. The summed E-state index contributed by atoms with van der Waals surface area (Å²) in [6, 6.07) is 9.77. The molecular formula is C23H28N2O4S. The van der Waals surface area contributed by atoms with Crippen molar-refractivity contribution in [1.29, 1.82) is 0 Å². The Morgan fingerprint density at radius 2 is 1.87 bits per heavy atom. The zero-order valence-electron chi connectivity index (χ0n) is 18.2. The number of aromatic nitrogens is 1. The maximum atomic E-state index is 12.8. The number of fused-ring (bicyclic) bond motifs is 1. The largest absolute Gasteiger partial charge is 0.493 e. The van der Waals surface area contributed by atoms with E-state index in [1.54, 1.807) is 31.6 Å². The van der Waals surface area contributed by atoms with Crippen LogP contribution < -0.4 is 14.3 Å². The first kappa shape index (κ1) is 22.1. The molecule has 2 aromatic carbocycles. The Balaban J connectivity index is 1.97. The quantitative estimate of drug-likeness (QED) is 0.508. The summed E-state index contributed by atoms with van der Waals surface area (Å²) in [5.74, 6) is 1.03. The minimum Gasteiger partial charge on any atom is -0.493 e. The number of aryl methyl sites for hydroxylation is 2. The number of amides is 1. The number of thiazole rings is 1. The molecule has 3 rings (SSSR count). The number of benzene rings is 2. The molecule has 0 aliphatic heterocycles. The highest BCUT2D eigenvalue weighted by molar-refractivity contribution is 7.16. The van der Waals surface area contributed by atoms with E-state index in [1.165, 1.54) is 11.1 Å². The molecular weight excluding hydrogens is 400 g/mol. The van der Waals surface area contributed by atoms with Crippen molar-refractivity contribution in [2.75, 3.05) is 27.4 Å². The minimum absolute atomic E-state index is 0.193. The predicted molar refractivity (Wildman–Crippen MR) is 120 cm³/mol. The lowest BCUT2D eigenvalue weighted by atomic mass is 10.1. The van der Waals surface area contributed by atoms with E-state index in [-0.39, 0.29) is 12.3 Å². The van der Waals surface area contributed by atoms with Crippen LogP contribution in [0.2, 0.25) is 0 Å². The normalized spacial score (nSPS) is 11.8. The molecule has 0 unspecified atom stereocenters. The molecule has 0 aliphatic carbocycles. The third-order valence-electron chi connectivity index (χ3n) is 4.80. The van der Waals surface area contributed by atoms with Gasteiger partial charge in [-0.2, -0.15) is 4.99 Å². The molecule has 3 aromatic rings. The lowest BCUT2D eigenvalue weighted by Crippen LogP contribution is -2.20. The van der Waals surface area contributed by atoms with Gasteiger partial charge in [0.25, 0.3) is 5.91 Å². The summed E-state index contributed by atoms with van der Waals surface area (Å²) in [5, 5.41) is 0. The van der Waals surface area contributed by atoms with Crippen LogP contribution in [0.15, 0.2) is 35.3 Å². The van der Waals surface area contributed by atoms with Gasteiger partial charge in [0.15, 0.2) is 16.3 Å². The molecule has 0 radical (unpaired) electrons. The first-order valence-corrected chi connectivity index (χ1v) is 10.7. The van der Waals surface area contributed by atoms with Gasteiger partial charge in [0.1, 0.15) is 0 Å². The number of hydrogen-bond acceptors (Lipinski definition) is 5. The van der Waals surface area contributed by atoms with Crippen LogP contribution in [0.25, 0.3) is 10.2 Å². The number of rotatable bonds is 8. The third-order valence-corrected chi connectivity index (χ3v) is 6.03. The van der Waals surface area contributed by atoms with Crippen LogP contribution in [0, 0.1) is 13.8 Å². The number of ether oxygens (including phenoxy) is 3. The fourth-order valence-corrected chi connectivity index (χ4v) is 4.55. The standard InChI is InChI=1S/C23H28N2O4S/c1-6-29-10-9-25-18-12-15(2)11-16(3)22(18)30-23(25)24-21(26)14-17-7-8-19(27-4)20(13-17)28-5/h7-8,11-13H,6,9-10,14H2,1-5H3. The smallest absolute Gasteiger partial charge is 0.252 e. The molecule has 0 N–H and O–H groups in total. The summed E-state index contributed by atoms with van der Waals surface area (Å²) < 4.78 is 19.4. The molecule has 0 bridgehead atoms. The Labute approximate surface area is 180 Å². The van der Waals surface area contributed by atoms with Gasteiger partial charge in [-0.05, 0) is 55.7 Å². The fourth-order valence-electron chi connectivity index (χ4n) is 3.43. The Bertz CT molecular complexity index is 1110. The molecule has 0 aliphatic rings. The third kappa shape index (κ3) is 4.91. The zero-order valence-corrected chi connectivity index (χ0v) is 19.0. The average molecular weight is 429 g/mol. The highest BCUT2D eigenvalue weighted by Crippen LogP contribution is 2.28. The van der Waals surface area contributed by atoms with Crippen molar-refractivity contribution in [1.82, 2.24) is 4.57 Å². The Morgan fingerprint density at radius 1 is 1.10 bits per heavy atom. The second-order valence-electron chi connectivity index (χ2n) is 7.03. The molecule has 1 aromatic heterocycles. The summed E-state index contributed by atoms with van der Waals surface area (Å²) in [6.07, 6.45) is 0.193. The zero-order chi connectivity index (χ0) is 21.7. The molecule has 7 heteroatoms. The van der Waals surface area contributed by atoms with Gasteiger partial charge in [-0.25, -0.2) is 0 Å². The van der Waals surface area contributed by atoms with Gasteiger partial charge in [-0.3, -0.25) is 4.79 Å². The number of carbonyl (C=O) groups excluding carboxylic acids is 1. The van der Waals surface area contributed by atoms with Gasteiger partial charge in [0.2, 0.25) is 0 Å². The van der Waals surface area contributed by atoms with Crippen LogP contribution in [0.4, 0.5) is 0 Å². The fraction of sp³-hybridized carbons (Fsp3) is 0.391. The van der Waals surface area contributed by atoms with E-state index in [0.29, 0.717) is 36.1 Å². The highest BCUT2D eigenvalue weighted by atomic mass is 32.1. The maximum absolute atomic E-state index is 12.8. The van der Waals surface area contributed by atoms with Crippen LogP contribution in [0.1, 0.15) is 23.6 Å². The van der Waals surface area contributed by atoms with Crippen LogP contribution >= 0.6 is 11.3 Å². The summed E-state index contributed by atoms with van der Waals surface area (Å²) >= 11 is 1.55. The maximum Gasteiger partial charge on any atom is 0.252 e. The molecule has 1 amide bonds. The molecule has 0 spiro atoms. The van der Waals surface area contributed by atoms with E-state index in [4.69, 9.17) is 14.2 Å². The molecule has 0 fully saturated rings. The summed E-state index contributed by atoms with van der Waals surface area (Å²) in [6.45, 7) is 8.03. The molecule has 0 saturated carbocycles. The van der Waals surface area contributed by atoms with Crippen molar-refractivity contribution in [2.45, 2.75) is 33.7 Å². The number of carbonyl (C=O) groups is 1. The van der Waals surface area contributed by atoms with E-state index in [1.807, 2.05) is 19.1 Å². The Hall–Kier alpha value is -2.64. The van der Waals surface area contributed by atoms with E-state index in [9.17, 15) is 4.79 Å². The number of hydrogen-bond donors (Lipinski definition) is 0. The van der Waals surface area contributed by atoms with E-state index in [2.05, 4.69) is 35.5 Å². The first-order chi connectivity index (χ1) is 14.5. The predicted octanol–water partition coefficient (Wildman–Crippen LogP) is 4.04. The van der Waals surface area contributed by atoms with Gasteiger partial charge in [0.05, 0.1) is 37.5 Å². The topological polar surface area (TPSA) is 62.1 Å². The van der Waals surface area contributed by atoms with E-state index < -0.39 is 0 Å². The first-order valence-electron chi connectivity index (χ1n) is 9.93. The molecule has 6 nitrogen and oxygen atoms in total. The van der Waals surface area contributed by atoms with Crippen LogP contribution in [-0.4, -0.2) is 37.9 Å². The molecule has 160 valence electrons. The lowest BCUT2D eigenvalue weighted by Gasteiger charge is -2.08. The van der Waals surface area contributed by atoms with Gasteiger partial charge < -0.3 is 18.8 Å². The van der Waals surface area contributed by atoms with Crippen molar-refractivity contribution in [2.24, 2.45) is 4.99 Å². The van der Waals surface area contributed by atoms with Crippen molar-refractivity contribution in [3.63, 3.8) is 0 Å². The minimum atomic E-state index is -0.201. The lowest BCUT2D eigenvalue weighted by molar-refractivity contribution is -0.117. The molecule has 0 atom stereocenters. The summed E-state index contributed by atoms with van der Waals surface area (Å²) in [5.41, 5.74) is 4.30. The second kappa shape index (κ2) is 9.91. The molecule has 1 heterocycles. The number of nitrogens with zero attached hydrogens (tertiary/aromatic N) is 2. The highest BCUT2D eigenvalue weighted by Gasteiger charge is 2.12. The van der Waals surface area contributed by atoms with Crippen molar-refractivity contribution >= 4 is 27.5 Å². The van der Waals surface area contributed by atoms with Gasteiger partial charge in [-0.15, -0.1) is 0 Å². The van der Waals surface area contributed by atoms with Gasteiger partial charge in [0, 0.05) is 13.2 Å². The van der Waals surface area contributed by atoms with Crippen molar-refractivity contribution in [3.05, 3.63) is 51.8 Å². The van der Waals surface area contributed by atoms with Gasteiger partial charge >= 0.3 is 0 Å². The summed E-state index contributed by atoms with van der Waals surface area (Å²) in [4.78, 5) is 17.9. The second-order valence-corrected chi connectivity index (χ2v) is 8.01. The number of methoxy groups -OCH3 is 2. The molecule has 0 saturated heterocycles. The Kier molecular flexibility index (Phi) is 7.29. The van der Waals surface area contributed by atoms with Gasteiger partial charge in [-0.1, -0.05) is 23.5 Å². The van der Waals surface area contributed by atoms with Crippen molar-refractivity contribution < 1.29 is 19.0 Å². The van der Waals surface area contributed by atoms with Crippen LogP contribution in [0.5, 0.6) is 11.5 Å².